The van der Waals surface area contributed by atoms with E-state index < -0.39 is 0 Å². The summed E-state index contributed by atoms with van der Waals surface area (Å²) >= 11 is 6.12. The van der Waals surface area contributed by atoms with Crippen LogP contribution in [0.15, 0.2) is 30.9 Å². The first-order chi connectivity index (χ1) is 11.6. The molecule has 1 saturated heterocycles. The van der Waals surface area contributed by atoms with Gasteiger partial charge in [-0.15, -0.1) is 0 Å². The van der Waals surface area contributed by atoms with Crippen molar-refractivity contribution in [3.8, 4) is 0 Å². The monoisotopic (exact) mass is 347 g/mol. The van der Waals surface area contributed by atoms with Crippen LogP contribution in [0.5, 0.6) is 0 Å². The molecule has 1 amide bonds. The molecule has 2 heterocycles. The first-order valence-electron chi connectivity index (χ1n) is 8.22. The maximum absolute atomic E-state index is 11.9. The lowest BCUT2D eigenvalue weighted by atomic mass is 10.1. The lowest BCUT2D eigenvalue weighted by molar-refractivity contribution is -0.121. The van der Waals surface area contributed by atoms with Crippen LogP contribution in [-0.2, 0) is 11.3 Å². The maximum atomic E-state index is 11.9. The SMILES string of the molecule is Cc1ccc(Cl)cc1N1CC[C@@H](CNC(=O)CCn2cncn2)C1. The summed E-state index contributed by atoms with van der Waals surface area (Å²) in [6, 6.07) is 6.00. The number of hydrogen-bond acceptors (Lipinski definition) is 4. The zero-order chi connectivity index (χ0) is 16.9. The molecular weight excluding hydrogens is 326 g/mol. The number of hydrogen-bond donors (Lipinski definition) is 1. The van der Waals surface area contributed by atoms with Gasteiger partial charge in [-0.3, -0.25) is 9.48 Å². The van der Waals surface area contributed by atoms with Gasteiger partial charge in [0.25, 0.3) is 0 Å². The number of benzene rings is 1. The van der Waals surface area contributed by atoms with E-state index in [0.29, 0.717) is 25.4 Å². The normalized spacial score (nSPS) is 17.2. The second-order valence-electron chi connectivity index (χ2n) is 6.24. The van der Waals surface area contributed by atoms with Crippen molar-refractivity contribution in [1.29, 1.82) is 0 Å². The number of nitrogens with zero attached hydrogens (tertiary/aromatic N) is 4. The van der Waals surface area contributed by atoms with Gasteiger partial charge in [0, 0.05) is 36.8 Å². The third kappa shape index (κ3) is 4.26. The van der Waals surface area contributed by atoms with Crippen LogP contribution in [0, 0.1) is 12.8 Å². The van der Waals surface area contributed by atoms with E-state index in [0.717, 1.165) is 24.5 Å². The summed E-state index contributed by atoms with van der Waals surface area (Å²) in [6.45, 7) is 5.33. The second-order valence-corrected chi connectivity index (χ2v) is 6.68. The topological polar surface area (TPSA) is 63.1 Å². The Labute approximate surface area is 146 Å². The molecular formula is C17H22ClN5O. The number of aromatic nitrogens is 3. The van der Waals surface area contributed by atoms with Gasteiger partial charge in [-0.25, -0.2) is 4.98 Å². The molecule has 0 unspecified atom stereocenters. The van der Waals surface area contributed by atoms with E-state index in [1.165, 1.54) is 17.6 Å². The van der Waals surface area contributed by atoms with Crippen LogP contribution in [0.2, 0.25) is 5.02 Å². The molecule has 1 aliphatic heterocycles. The lowest BCUT2D eigenvalue weighted by Crippen LogP contribution is -2.31. The molecule has 0 spiro atoms. The Bertz CT molecular complexity index is 688. The number of carbonyl (C=O) groups excluding carboxylic acids is 1. The minimum absolute atomic E-state index is 0.0582. The Morgan fingerprint density at radius 1 is 1.46 bits per heavy atom. The average molecular weight is 348 g/mol. The fraction of sp³-hybridized carbons (Fsp3) is 0.471. The Balaban J connectivity index is 1.44. The van der Waals surface area contributed by atoms with Crippen LogP contribution in [-0.4, -0.2) is 40.3 Å². The molecule has 128 valence electrons. The Hall–Kier alpha value is -2.08. The van der Waals surface area contributed by atoms with Gasteiger partial charge in [0.1, 0.15) is 12.7 Å². The Kier molecular flexibility index (Phi) is 5.35. The molecule has 1 N–H and O–H groups in total. The minimum atomic E-state index is 0.0582. The minimum Gasteiger partial charge on any atom is -0.371 e. The molecule has 1 aromatic carbocycles. The fourth-order valence-electron chi connectivity index (χ4n) is 3.05. The quantitative estimate of drug-likeness (QED) is 0.870. The van der Waals surface area contributed by atoms with Crippen molar-refractivity contribution in [1.82, 2.24) is 20.1 Å². The number of carbonyl (C=O) groups is 1. The highest BCUT2D eigenvalue weighted by molar-refractivity contribution is 6.30. The molecule has 0 radical (unpaired) electrons. The molecule has 1 aliphatic rings. The number of nitrogens with one attached hydrogen (secondary N) is 1. The number of aryl methyl sites for hydroxylation is 2. The number of amides is 1. The number of anilines is 1. The van der Waals surface area contributed by atoms with Crippen LogP contribution in [0.3, 0.4) is 0 Å². The smallest absolute Gasteiger partial charge is 0.221 e. The summed E-state index contributed by atoms with van der Waals surface area (Å²) in [7, 11) is 0. The van der Waals surface area contributed by atoms with Crippen LogP contribution >= 0.6 is 11.6 Å². The van der Waals surface area contributed by atoms with Crippen molar-refractivity contribution in [3.63, 3.8) is 0 Å². The van der Waals surface area contributed by atoms with Gasteiger partial charge in [0.05, 0.1) is 6.54 Å². The van der Waals surface area contributed by atoms with Crippen molar-refractivity contribution in [2.75, 3.05) is 24.5 Å². The number of rotatable bonds is 6. The molecule has 1 atom stereocenters. The summed E-state index contributed by atoms with van der Waals surface area (Å²) in [4.78, 5) is 18.2. The van der Waals surface area contributed by atoms with E-state index in [1.54, 1.807) is 11.0 Å². The molecule has 1 aromatic heterocycles. The third-order valence-corrected chi connectivity index (χ3v) is 4.66. The van der Waals surface area contributed by atoms with Gasteiger partial charge in [0.2, 0.25) is 5.91 Å². The van der Waals surface area contributed by atoms with E-state index in [1.807, 2.05) is 12.1 Å². The third-order valence-electron chi connectivity index (χ3n) is 4.42. The van der Waals surface area contributed by atoms with E-state index in [9.17, 15) is 4.79 Å². The van der Waals surface area contributed by atoms with E-state index in [2.05, 4.69) is 33.3 Å². The van der Waals surface area contributed by atoms with Crippen molar-refractivity contribution in [2.24, 2.45) is 5.92 Å². The Morgan fingerprint density at radius 2 is 2.33 bits per heavy atom. The summed E-state index contributed by atoms with van der Waals surface area (Å²) in [6.07, 6.45) is 4.60. The molecule has 6 nitrogen and oxygen atoms in total. The van der Waals surface area contributed by atoms with Crippen molar-refractivity contribution in [2.45, 2.75) is 26.3 Å². The predicted molar refractivity (Wildman–Crippen MR) is 94.2 cm³/mol. The van der Waals surface area contributed by atoms with E-state index in [4.69, 9.17) is 11.6 Å². The van der Waals surface area contributed by atoms with Gasteiger partial charge in [-0.2, -0.15) is 5.10 Å². The molecule has 24 heavy (non-hydrogen) atoms. The first kappa shape index (κ1) is 16.8. The number of halogens is 1. The highest BCUT2D eigenvalue weighted by Crippen LogP contribution is 2.29. The largest absolute Gasteiger partial charge is 0.371 e. The summed E-state index contributed by atoms with van der Waals surface area (Å²) in [5.41, 5.74) is 2.43. The van der Waals surface area contributed by atoms with E-state index in [-0.39, 0.29) is 5.91 Å². The second kappa shape index (κ2) is 7.66. The summed E-state index contributed by atoms with van der Waals surface area (Å²) in [5, 5.41) is 7.79. The standard InChI is InChI=1S/C17H22ClN5O/c1-13-2-3-15(18)8-16(13)22-6-4-14(10-22)9-20-17(24)5-7-23-12-19-11-21-23/h2-3,8,11-12,14H,4-7,9-10H2,1H3,(H,20,24)/t14-/m0/s1. The van der Waals surface area contributed by atoms with E-state index >= 15 is 0 Å². The van der Waals surface area contributed by atoms with Gasteiger partial charge in [-0.05, 0) is 37.0 Å². The van der Waals surface area contributed by atoms with Gasteiger partial charge >= 0.3 is 0 Å². The summed E-state index contributed by atoms with van der Waals surface area (Å²) in [5.74, 6) is 0.529. The van der Waals surface area contributed by atoms with Crippen LogP contribution in [0.1, 0.15) is 18.4 Å². The molecule has 0 saturated carbocycles. The molecule has 1 fully saturated rings. The van der Waals surface area contributed by atoms with Gasteiger partial charge in [0.15, 0.2) is 0 Å². The molecule has 7 heteroatoms. The highest BCUT2D eigenvalue weighted by Gasteiger charge is 2.24. The highest BCUT2D eigenvalue weighted by atomic mass is 35.5. The summed E-state index contributed by atoms with van der Waals surface area (Å²) < 4.78 is 1.67. The molecule has 0 bridgehead atoms. The fourth-order valence-corrected chi connectivity index (χ4v) is 3.22. The zero-order valence-corrected chi connectivity index (χ0v) is 14.5. The predicted octanol–water partition coefficient (Wildman–Crippen LogP) is 2.27. The average Bonchev–Trinajstić information content (AvgIpc) is 3.24. The van der Waals surface area contributed by atoms with Crippen molar-refractivity contribution in [3.05, 3.63) is 41.4 Å². The first-order valence-corrected chi connectivity index (χ1v) is 8.60. The molecule has 2 aromatic rings. The molecule has 3 rings (SSSR count). The van der Waals surface area contributed by atoms with Crippen LogP contribution in [0.25, 0.3) is 0 Å². The molecule has 0 aliphatic carbocycles. The van der Waals surface area contributed by atoms with Gasteiger partial charge in [-0.1, -0.05) is 17.7 Å². The van der Waals surface area contributed by atoms with Crippen molar-refractivity contribution < 1.29 is 4.79 Å². The maximum Gasteiger partial charge on any atom is 0.221 e. The zero-order valence-electron chi connectivity index (χ0n) is 13.8. The lowest BCUT2D eigenvalue weighted by Gasteiger charge is -2.21. The van der Waals surface area contributed by atoms with Crippen molar-refractivity contribution >= 4 is 23.2 Å². The van der Waals surface area contributed by atoms with Crippen LogP contribution < -0.4 is 10.2 Å². The van der Waals surface area contributed by atoms with Crippen LogP contribution in [0.4, 0.5) is 5.69 Å². The Morgan fingerprint density at radius 3 is 3.12 bits per heavy atom. The van der Waals surface area contributed by atoms with Gasteiger partial charge < -0.3 is 10.2 Å².